The third kappa shape index (κ3) is 5.85. The van der Waals surface area contributed by atoms with Crippen molar-refractivity contribution in [3.8, 4) is 5.75 Å². The molecule has 11 nitrogen and oxygen atoms in total. The second-order valence-corrected chi connectivity index (χ2v) is 14.4. The summed E-state index contributed by atoms with van der Waals surface area (Å²) in [6, 6.07) is 8.89. The Morgan fingerprint density at radius 1 is 1.14 bits per heavy atom. The first-order chi connectivity index (χ1) is 19.6. The number of rotatable bonds is 8. The third-order valence-electron chi connectivity index (χ3n) is 7.96. The van der Waals surface area contributed by atoms with E-state index in [1.807, 2.05) is 37.3 Å². The van der Waals surface area contributed by atoms with E-state index in [0.717, 1.165) is 47.4 Å². The Labute approximate surface area is 247 Å². The maximum absolute atomic E-state index is 13.6. The summed E-state index contributed by atoms with van der Waals surface area (Å²) in [7, 11) is -0.127. The second kappa shape index (κ2) is 10.4. The van der Waals surface area contributed by atoms with Crippen LogP contribution >= 0.6 is 0 Å². The van der Waals surface area contributed by atoms with Crippen LogP contribution in [0.5, 0.6) is 5.75 Å². The SMILES string of the molecule is COc1c(NC(=O)c2ccc(C)c(N3CC(c4cnc(C(C)(C)C)n4C)N=N3)c2)cc(C2(C)CC2)cc1NS(C)(=O)=O. The van der Waals surface area contributed by atoms with Gasteiger partial charge in [-0.2, -0.15) is 5.11 Å². The highest BCUT2D eigenvalue weighted by Crippen LogP contribution is 2.51. The number of anilines is 3. The van der Waals surface area contributed by atoms with E-state index in [0.29, 0.717) is 23.5 Å². The first kappa shape index (κ1) is 29.6. The Balaban J connectivity index is 1.41. The molecule has 1 amide bonds. The Morgan fingerprint density at radius 3 is 2.43 bits per heavy atom. The summed E-state index contributed by atoms with van der Waals surface area (Å²) >= 11 is 0. The van der Waals surface area contributed by atoms with Gasteiger partial charge in [0.1, 0.15) is 11.9 Å². The monoisotopic (exact) mass is 593 g/mol. The second-order valence-electron chi connectivity index (χ2n) is 12.6. The smallest absolute Gasteiger partial charge is 0.255 e. The van der Waals surface area contributed by atoms with Crippen LogP contribution in [0.3, 0.4) is 0 Å². The Bertz CT molecular complexity index is 1680. The van der Waals surface area contributed by atoms with Crippen LogP contribution in [-0.2, 0) is 27.9 Å². The molecule has 224 valence electrons. The van der Waals surface area contributed by atoms with E-state index in [1.54, 1.807) is 18.2 Å². The van der Waals surface area contributed by atoms with E-state index in [1.165, 1.54) is 7.11 Å². The van der Waals surface area contributed by atoms with Gasteiger partial charge >= 0.3 is 0 Å². The molecule has 0 bridgehead atoms. The average molecular weight is 594 g/mol. The summed E-state index contributed by atoms with van der Waals surface area (Å²) in [5, 5.41) is 13.7. The Kier molecular flexibility index (Phi) is 7.33. The molecule has 5 rings (SSSR count). The average Bonchev–Trinajstić information content (AvgIpc) is 3.27. The van der Waals surface area contributed by atoms with Gasteiger partial charge in [0.15, 0.2) is 5.75 Å². The first-order valence-electron chi connectivity index (χ1n) is 13.9. The van der Waals surface area contributed by atoms with Crippen molar-refractivity contribution in [3.05, 3.63) is 64.7 Å². The molecule has 42 heavy (non-hydrogen) atoms. The molecule has 1 fully saturated rings. The normalized spacial score (nSPS) is 17.8. The van der Waals surface area contributed by atoms with Crippen LogP contribution in [-0.4, -0.2) is 43.8 Å². The number of carbonyl (C=O) groups is 1. The van der Waals surface area contributed by atoms with E-state index in [2.05, 4.69) is 57.6 Å². The molecular formula is C30H39N7O4S. The van der Waals surface area contributed by atoms with Crippen molar-refractivity contribution in [2.24, 2.45) is 17.4 Å². The van der Waals surface area contributed by atoms with Gasteiger partial charge in [-0.15, -0.1) is 0 Å². The largest absolute Gasteiger partial charge is 0.492 e. The Hall–Kier alpha value is -3.93. The van der Waals surface area contributed by atoms with Crippen LogP contribution in [0.25, 0.3) is 0 Å². The summed E-state index contributed by atoms with van der Waals surface area (Å²) in [6.45, 7) is 11.0. The number of aromatic nitrogens is 2. The zero-order valence-electron chi connectivity index (χ0n) is 25.4. The summed E-state index contributed by atoms with van der Waals surface area (Å²) in [6.07, 6.45) is 4.91. The van der Waals surface area contributed by atoms with E-state index >= 15 is 0 Å². The van der Waals surface area contributed by atoms with Gasteiger partial charge < -0.3 is 14.6 Å². The molecule has 1 aliphatic carbocycles. The topological polar surface area (TPSA) is 130 Å². The number of hydrogen-bond donors (Lipinski definition) is 2. The molecule has 2 N–H and O–H groups in total. The van der Waals surface area contributed by atoms with Crippen molar-refractivity contribution in [2.45, 2.75) is 64.3 Å². The number of carbonyl (C=O) groups excluding carboxylic acids is 1. The van der Waals surface area contributed by atoms with Crippen LogP contribution in [0.4, 0.5) is 17.1 Å². The molecule has 1 aromatic heterocycles. The molecule has 3 aromatic rings. The highest BCUT2D eigenvalue weighted by atomic mass is 32.2. The number of sulfonamides is 1. The van der Waals surface area contributed by atoms with Gasteiger partial charge in [0.05, 0.1) is 48.9 Å². The predicted octanol–water partition coefficient (Wildman–Crippen LogP) is 5.64. The van der Waals surface area contributed by atoms with Gasteiger partial charge in [-0.1, -0.05) is 39.0 Å². The van der Waals surface area contributed by atoms with Crippen LogP contribution in [0.2, 0.25) is 0 Å². The summed E-state index contributed by atoms with van der Waals surface area (Å²) in [4.78, 5) is 18.2. The van der Waals surface area contributed by atoms with E-state index in [4.69, 9.17) is 4.74 Å². The number of hydrogen-bond acceptors (Lipinski definition) is 8. The number of aryl methyl sites for hydroxylation is 1. The molecule has 12 heteroatoms. The zero-order valence-corrected chi connectivity index (χ0v) is 26.3. The minimum atomic E-state index is -3.58. The van der Waals surface area contributed by atoms with Crippen LogP contribution < -0.4 is 19.8 Å². The lowest BCUT2D eigenvalue weighted by molar-refractivity contribution is 0.102. The fraction of sp³-hybridized carbons (Fsp3) is 0.467. The molecular weight excluding hydrogens is 554 g/mol. The minimum absolute atomic E-state index is 0.0739. The van der Waals surface area contributed by atoms with Crippen molar-refractivity contribution in [1.29, 1.82) is 0 Å². The number of benzene rings is 2. The maximum atomic E-state index is 13.6. The first-order valence-corrected chi connectivity index (χ1v) is 15.8. The van der Waals surface area contributed by atoms with Gasteiger partial charge in [-0.25, -0.2) is 18.4 Å². The van der Waals surface area contributed by atoms with E-state index in [9.17, 15) is 13.2 Å². The Morgan fingerprint density at radius 2 is 1.83 bits per heavy atom. The van der Waals surface area contributed by atoms with Crippen LogP contribution in [0.15, 0.2) is 46.9 Å². The van der Waals surface area contributed by atoms with Gasteiger partial charge in [0, 0.05) is 18.0 Å². The minimum Gasteiger partial charge on any atom is -0.492 e. The molecule has 1 atom stereocenters. The molecule has 1 unspecified atom stereocenters. The number of methoxy groups -OCH3 is 1. The van der Waals surface area contributed by atoms with Crippen molar-refractivity contribution in [2.75, 3.05) is 35.0 Å². The highest BCUT2D eigenvalue weighted by molar-refractivity contribution is 7.92. The predicted molar refractivity (Wildman–Crippen MR) is 164 cm³/mol. The van der Waals surface area contributed by atoms with Crippen molar-refractivity contribution >= 4 is 33.0 Å². The van der Waals surface area contributed by atoms with Gasteiger partial charge in [-0.05, 0) is 60.6 Å². The summed E-state index contributed by atoms with van der Waals surface area (Å²) in [5.74, 6) is 0.870. The molecule has 1 aliphatic heterocycles. The number of nitrogens with zero attached hydrogens (tertiary/aromatic N) is 5. The number of amides is 1. The molecule has 2 aliphatic rings. The fourth-order valence-electron chi connectivity index (χ4n) is 5.35. The number of nitrogens with one attached hydrogen (secondary N) is 2. The standard InChI is InChI=1S/C30H39N7O4S/c1-18-9-10-19(13-24(18)37-17-23(33-35-37)25-16-31-28(36(25)6)29(2,3)4)27(38)32-21-14-20(30(5)11-12-30)15-22(26(21)41-7)34-42(8,39)40/h9-10,13-16,23,34H,11-12,17H2,1-8H3,(H,32,38). The molecule has 2 aromatic carbocycles. The number of ether oxygens (including phenoxy) is 1. The lowest BCUT2D eigenvalue weighted by Crippen LogP contribution is -2.21. The quantitative estimate of drug-likeness (QED) is 0.348. The van der Waals surface area contributed by atoms with Crippen LogP contribution in [0, 0.1) is 6.92 Å². The fourth-order valence-corrected chi connectivity index (χ4v) is 5.91. The van der Waals surface area contributed by atoms with Crippen molar-refractivity contribution in [1.82, 2.24) is 9.55 Å². The molecule has 0 spiro atoms. The van der Waals surface area contributed by atoms with Gasteiger partial charge in [0.2, 0.25) is 10.0 Å². The third-order valence-corrected chi connectivity index (χ3v) is 8.55. The zero-order chi connectivity index (χ0) is 30.6. The molecule has 2 heterocycles. The highest BCUT2D eigenvalue weighted by Gasteiger charge is 2.40. The lowest BCUT2D eigenvalue weighted by Gasteiger charge is -2.21. The summed E-state index contributed by atoms with van der Waals surface area (Å²) < 4.78 is 34.4. The van der Waals surface area contributed by atoms with E-state index in [-0.39, 0.29) is 28.5 Å². The van der Waals surface area contributed by atoms with Crippen molar-refractivity contribution < 1.29 is 17.9 Å². The van der Waals surface area contributed by atoms with Crippen molar-refractivity contribution in [3.63, 3.8) is 0 Å². The van der Waals surface area contributed by atoms with Crippen LogP contribution in [0.1, 0.15) is 79.6 Å². The molecule has 1 saturated carbocycles. The number of imidazole rings is 1. The lowest BCUT2D eigenvalue weighted by atomic mass is 9.96. The maximum Gasteiger partial charge on any atom is 0.255 e. The van der Waals surface area contributed by atoms with Gasteiger partial charge in [-0.3, -0.25) is 9.52 Å². The molecule has 0 radical (unpaired) electrons. The van der Waals surface area contributed by atoms with E-state index < -0.39 is 10.0 Å². The summed E-state index contributed by atoms with van der Waals surface area (Å²) in [5.41, 5.74) is 4.58. The van der Waals surface area contributed by atoms with Gasteiger partial charge in [0.25, 0.3) is 5.91 Å². The molecule has 0 saturated heterocycles.